The molecule has 7 nitrogen and oxygen atoms in total. The fraction of sp³-hybridized carbons (Fsp3) is 0.500. The van der Waals surface area contributed by atoms with Crippen LogP contribution < -0.4 is 14.4 Å². The smallest absolute Gasteiger partial charge is 0.170 e. The normalized spacial score (nSPS) is 19.9. The molecule has 1 unspecified atom stereocenters. The maximum Gasteiger partial charge on any atom is 0.170 e. The number of phenols is 1. The lowest BCUT2D eigenvalue weighted by atomic mass is 9.79. The Hall–Kier alpha value is -3.26. The van der Waals surface area contributed by atoms with Crippen LogP contribution in [0, 0.1) is 0 Å². The van der Waals surface area contributed by atoms with Crippen LogP contribution in [0.4, 0.5) is 5.69 Å². The predicted octanol–water partition coefficient (Wildman–Crippen LogP) is 6.31. The first-order valence-electron chi connectivity index (χ1n) is 15.9. The number of nitrogens with zero attached hydrogens (tertiary/aromatic N) is 2. The van der Waals surface area contributed by atoms with E-state index in [4.69, 9.17) is 18.9 Å². The van der Waals surface area contributed by atoms with Crippen molar-refractivity contribution in [3.05, 3.63) is 82.9 Å². The zero-order chi connectivity index (χ0) is 29.8. The van der Waals surface area contributed by atoms with Gasteiger partial charge < -0.3 is 29.0 Å². The topological polar surface area (TPSA) is 63.6 Å². The summed E-state index contributed by atoms with van der Waals surface area (Å²) in [4.78, 5) is 4.92. The van der Waals surface area contributed by atoms with E-state index in [0.29, 0.717) is 24.3 Å². The Morgan fingerprint density at radius 2 is 1.70 bits per heavy atom. The summed E-state index contributed by atoms with van der Waals surface area (Å²) in [5.41, 5.74) is 6.45. The molecule has 3 aromatic rings. The second kappa shape index (κ2) is 13.2. The van der Waals surface area contributed by atoms with Crippen LogP contribution in [0.25, 0.3) is 0 Å². The molecule has 0 saturated carbocycles. The fourth-order valence-corrected chi connectivity index (χ4v) is 6.88. The highest BCUT2D eigenvalue weighted by Gasteiger charge is 2.39. The number of methoxy groups -OCH3 is 1. The molecule has 1 N–H and O–H groups in total. The van der Waals surface area contributed by atoms with E-state index in [-0.39, 0.29) is 5.79 Å². The summed E-state index contributed by atoms with van der Waals surface area (Å²) < 4.78 is 23.5. The van der Waals surface area contributed by atoms with Crippen molar-refractivity contribution in [3.63, 3.8) is 0 Å². The van der Waals surface area contributed by atoms with E-state index in [0.717, 1.165) is 83.0 Å². The number of phenolic OH excluding ortho intramolecular Hbond substituents is 1. The lowest BCUT2D eigenvalue weighted by Crippen LogP contribution is -2.46. The molecule has 2 aliphatic heterocycles. The van der Waals surface area contributed by atoms with Crippen LogP contribution in [0.2, 0.25) is 0 Å². The number of ether oxygens (including phenoxy) is 4. The van der Waals surface area contributed by atoms with Crippen molar-refractivity contribution in [2.45, 2.75) is 70.2 Å². The number of piperidine rings is 1. The molecule has 230 valence electrons. The number of anilines is 1. The molecule has 3 aromatic carbocycles. The van der Waals surface area contributed by atoms with Gasteiger partial charge in [0.05, 0.1) is 20.3 Å². The molecule has 0 aromatic heterocycles. The number of rotatable bonds is 10. The molecule has 1 aliphatic carbocycles. The molecule has 0 bridgehead atoms. The fourth-order valence-electron chi connectivity index (χ4n) is 6.88. The largest absolute Gasteiger partial charge is 0.508 e. The maximum atomic E-state index is 9.96. The predicted molar refractivity (Wildman–Crippen MR) is 169 cm³/mol. The van der Waals surface area contributed by atoms with Crippen LogP contribution in [-0.2, 0) is 28.9 Å². The van der Waals surface area contributed by atoms with E-state index in [2.05, 4.69) is 72.2 Å². The molecule has 6 rings (SSSR count). The number of hydrogen-bond donors (Lipinski definition) is 1. The van der Waals surface area contributed by atoms with Gasteiger partial charge >= 0.3 is 0 Å². The van der Waals surface area contributed by atoms with Gasteiger partial charge in [-0.2, -0.15) is 0 Å². The summed E-state index contributed by atoms with van der Waals surface area (Å²) in [7, 11) is 1.74. The van der Waals surface area contributed by atoms with E-state index in [1.165, 1.54) is 27.9 Å². The van der Waals surface area contributed by atoms with Gasteiger partial charge in [0.2, 0.25) is 0 Å². The summed E-state index contributed by atoms with van der Waals surface area (Å²) in [5.74, 6) is 2.23. The van der Waals surface area contributed by atoms with E-state index in [9.17, 15) is 5.11 Å². The van der Waals surface area contributed by atoms with Gasteiger partial charge in [0, 0.05) is 56.8 Å². The average Bonchev–Trinajstić information content (AvgIpc) is 3.48. The first kappa shape index (κ1) is 29.8. The second-order valence-electron chi connectivity index (χ2n) is 12.5. The Kier molecular flexibility index (Phi) is 9.12. The van der Waals surface area contributed by atoms with Gasteiger partial charge in [-0.3, -0.25) is 4.90 Å². The van der Waals surface area contributed by atoms with Gasteiger partial charge in [0.15, 0.2) is 5.79 Å². The minimum absolute atomic E-state index is 0.304. The Balaban J connectivity index is 1.10. The Labute approximate surface area is 256 Å². The van der Waals surface area contributed by atoms with Gasteiger partial charge in [-0.15, -0.1) is 0 Å². The first-order valence-corrected chi connectivity index (χ1v) is 15.9. The maximum absolute atomic E-state index is 9.96. The standard InChI is InChI=1S/C36H46N2O5/c1-26(2)38(35-24-33(40-3)12-13-34(35)30-7-6-29-23-31(39)9-8-28(29)22-30)25-27-4-10-32(11-5-27)41-19-18-37-16-14-36(15-17-37)42-20-21-43-36/h4-5,8-13,23-24,26,30,39H,6-7,14-22,25H2,1-3H3. The third-order valence-corrected chi connectivity index (χ3v) is 9.41. The van der Waals surface area contributed by atoms with E-state index >= 15 is 0 Å². The average molecular weight is 587 g/mol. The highest BCUT2D eigenvalue weighted by molar-refractivity contribution is 5.60. The number of aromatic hydroxyl groups is 1. The molecular formula is C36H46N2O5. The molecule has 2 heterocycles. The van der Waals surface area contributed by atoms with Crippen LogP contribution >= 0.6 is 0 Å². The SMILES string of the molecule is COc1ccc(C2CCc3cc(O)ccc3C2)c(N(Cc2ccc(OCCN3CCC4(CC3)OCCO4)cc2)C(C)C)c1. The lowest BCUT2D eigenvalue weighted by Gasteiger charge is -2.37. The van der Waals surface area contributed by atoms with Crippen LogP contribution in [0.15, 0.2) is 60.7 Å². The minimum Gasteiger partial charge on any atom is -0.508 e. The highest BCUT2D eigenvalue weighted by atomic mass is 16.7. The summed E-state index contributed by atoms with van der Waals surface area (Å²) in [6, 6.07) is 21.3. The Morgan fingerprint density at radius 1 is 0.953 bits per heavy atom. The van der Waals surface area contributed by atoms with E-state index in [1.807, 2.05) is 12.1 Å². The molecular weight excluding hydrogens is 540 g/mol. The first-order chi connectivity index (χ1) is 20.9. The van der Waals surface area contributed by atoms with Gasteiger partial charge in [-0.1, -0.05) is 24.3 Å². The molecule has 0 radical (unpaired) electrons. The number of aryl methyl sites for hydroxylation is 1. The van der Waals surface area contributed by atoms with Crippen molar-refractivity contribution in [2.75, 3.05) is 51.5 Å². The molecule has 0 amide bonds. The van der Waals surface area contributed by atoms with Gasteiger partial charge in [-0.25, -0.2) is 0 Å². The zero-order valence-electron chi connectivity index (χ0n) is 25.9. The zero-order valence-corrected chi connectivity index (χ0v) is 25.9. The highest BCUT2D eigenvalue weighted by Crippen LogP contribution is 2.41. The van der Waals surface area contributed by atoms with Crippen molar-refractivity contribution in [3.8, 4) is 17.2 Å². The third kappa shape index (κ3) is 6.95. The van der Waals surface area contributed by atoms with E-state index < -0.39 is 0 Å². The molecule has 43 heavy (non-hydrogen) atoms. The Bertz CT molecular complexity index is 1360. The molecule has 1 atom stereocenters. The number of fused-ring (bicyclic) bond motifs is 1. The van der Waals surface area contributed by atoms with Crippen molar-refractivity contribution < 1.29 is 24.1 Å². The van der Waals surface area contributed by atoms with Gasteiger partial charge in [0.25, 0.3) is 0 Å². The number of hydrogen-bond acceptors (Lipinski definition) is 7. The van der Waals surface area contributed by atoms with Crippen LogP contribution in [0.1, 0.15) is 61.3 Å². The van der Waals surface area contributed by atoms with Gasteiger partial charge in [0.1, 0.15) is 23.9 Å². The number of benzene rings is 3. The second-order valence-corrected chi connectivity index (χ2v) is 12.5. The minimum atomic E-state index is -0.324. The summed E-state index contributed by atoms with van der Waals surface area (Å²) in [6.45, 7) is 10.3. The quantitative estimate of drug-likeness (QED) is 0.299. The van der Waals surface area contributed by atoms with E-state index in [1.54, 1.807) is 7.11 Å². The van der Waals surface area contributed by atoms with Crippen LogP contribution in [0.5, 0.6) is 17.2 Å². The van der Waals surface area contributed by atoms with Gasteiger partial charge in [-0.05, 0) is 91.6 Å². The van der Waals surface area contributed by atoms with Crippen molar-refractivity contribution in [2.24, 2.45) is 0 Å². The van der Waals surface area contributed by atoms with Crippen LogP contribution in [-0.4, -0.2) is 68.4 Å². The summed E-state index contributed by atoms with van der Waals surface area (Å²) in [5, 5.41) is 9.96. The molecule has 1 spiro atoms. The monoisotopic (exact) mass is 586 g/mol. The third-order valence-electron chi connectivity index (χ3n) is 9.41. The molecule has 2 fully saturated rings. The molecule has 3 aliphatic rings. The molecule has 7 heteroatoms. The number of likely N-dealkylation sites (tertiary alicyclic amines) is 1. The van der Waals surface area contributed by atoms with Crippen LogP contribution in [0.3, 0.4) is 0 Å². The Morgan fingerprint density at radius 3 is 2.42 bits per heavy atom. The van der Waals surface area contributed by atoms with Crippen molar-refractivity contribution in [1.29, 1.82) is 0 Å². The summed E-state index contributed by atoms with van der Waals surface area (Å²) >= 11 is 0. The summed E-state index contributed by atoms with van der Waals surface area (Å²) in [6.07, 6.45) is 4.88. The lowest BCUT2D eigenvalue weighted by molar-refractivity contribution is -0.185. The molecule has 2 saturated heterocycles. The van der Waals surface area contributed by atoms with Crippen molar-refractivity contribution in [1.82, 2.24) is 4.90 Å². The van der Waals surface area contributed by atoms with Crippen molar-refractivity contribution >= 4 is 5.69 Å².